The highest BCUT2D eigenvalue weighted by molar-refractivity contribution is 8.08. The molecule has 3 aliphatic rings. The van der Waals surface area contributed by atoms with Crippen molar-refractivity contribution in [3.63, 3.8) is 0 Å². The number of phosphoric ester groups is 1. The summed E-state index contributed by atoms with van der Waals surface area (Å²) in [4.78, 5) is 105. The Bertz CT molecular complexity index is 3910. The van der Waals surface area contributed by atoms with E-state index in [1.54, 1.807) is 26.0 Å². The number of ether oxygens (including phenoxy) is 2. The Morgan fingerprint density at radius 3 is 2.31 bits per heavy atom. The minimum absolute atomic E-state index is 0.0112. The average Bonchev–Trinajstić information content (AvgIpc) is 3.89. The van der Waals surface area contributed by atoms with Gasteiger partial charge in [0.25, 0.3) is 31.7 Å². The van der Waals surface area contributed by atoms with Gasteiger partial charge in [-0.15, -0.1) is 0 Å². The number of aliphatic hydroxyl groups is 1. The number of hydrogen-bond donors (Lipinski definition) is 12. The zero-order valence-electron chi connectivity index (χ0n) is 42.2. The van der Waals surface area contributed by atoms with Crippen LogP contribution in [0.15, 0.2) is 78.9 Å². The fourth-order valence-electron chi connectivity index (χ4n) is 8.48. The quantitative estimate of drug-likeness (QED) is 0.0187. The second-order valence-electron chi connectivity index (χ2n) is 17.3. The molecule has 0 bridgehead atoms. The molecule has 1 saturated heterocycles. The number of anilines is 2. The van der Waals surface area contributed by atoms with Gasteiger partial charge < -0.3 is 65.2 Å². The molecule has 1 aliphatic carbocycles. The van der Waals surface area contributed by atoms with Crippen LogP contribution in [0, 0.1) is 0 Å². The van der Waals surface area contributed by atoms with E-state index >= 15 is 0 Å². The monoisotopic (exact) mass is 1250 g/mol. The number of amides is 3. The van der Waals surface area contributed by atoms with E-state index < -0.39 is 118 Å². The van der Waals surface area contributed by atoms with Gasteiger partial charge in [0.2, 0.25) is 11.9 Å². The first-order valence-electron chi connectivity index (χ1n) is 23.5. The van der Waals surface area contributed by atoms with Crippen LogP contribution in [0.4, 0.5) is 16.4 Å². The maximum Gasteiger partial charge on any atom is 0.488 e. The van der Waals surface area contributed by atoms with Crippen LogP contribution in [0.1, 0.15) is 43.3 Å². The highest BCUT2D eigenvalue weighted by atomic mass is 32.5. The number of phosphoric acid groups is 2. The number of nitrogens with one attached hydrogen (secondary N) is 4. The molecule has 2 unspecified atom stereocenters. The van der Waals surface area contributed by atoms with E-state index in [2.05, 4.69) is 60.8 Å². The predicted molar refractivity (Wildman–Crippen MR) is 285 cm³/mol. The van der Waals surface area contributed by atoms with E-state index in [0.717, 1.165) is 10.9 Å². The van der Waals surface area contributed by atoms with Gasteiger partial charge >= 0.3 is 28.5 Å². The van der Waals surface area contributed by atoms with E-state index in [9.17, 15) is 78.9 Å². The summed E-state index contributed by atoms with van der Waals surface area (Å²) in [5.74, 6) is -2.05. The predicted octanol–water partition coefficient (Wildman–Crippen LogP) is 1.55. The number of rotatable bonds is 23. The molecule has 440 valence electrons. The van der Waals surface area contributed by atoms with Crippen molar-refractivity contribution < 1.29 is 101 Å². The standard InChI is InChI=1S/C42H51N10O23P3S3/c1-4-44-25-14-12-23-29(24-13-15-26(45-5-2)36(81(67,68)69)33(24)72-32(23)35(25)80(64,65)66)21-9-6-7-10-22(21)39(56)51(3)18-8-11-28(53)46-16-17-47-42(57)73-34-31(54)27(19-70-76(58,59)74-77(60,61)75-78(62,63)79)71-40(34)52-20-48-30-37(52)49-41(43)50-38(30)55/h6-7,9-10,12-15,20,27,31,34,40,44,54H,4-5,8,11,16-19H2,1-3H3,(H,46,53)(H,47,57)(H,58,59)(H,60,61)(H2,62,63,79)(H,64,65,66)(H,67,68,69)(H3,43,49,50,55)/t27-,31-,34-,40-/m1/s1. The molecule has 2 aromatic carbocycles. The number of carbonyl (C=O) groups is 3. The molecule has 0 spiro atoms. The number of alkyl carbamates (subject to hydrolysis) is 1. The highest BCUT2D eigenvalue weighted by Gasteiger charge is 2.50. The third-order valence-electron chi connectivity index (χ3n) is 11.6. The van der Waals surface area contributed by atoms with Gasteiger partial charge in [-0.05, 0) is 68.0 Å². The molecular weight excluding hydrogens is 1200 g/mol. The van der Waals surface area contributed by atoms with Crippen molar-refractivity contribution in [3.05, 3.63) is 76.1 Å². The number of aromatic amines is 1. The largest absolute Gasteiger partial charge is 0.488 e. The molecule has 2 aliphatic heterocycles. The van der Waals surface area contributed by atoms with Crippen LogP contribution >= 0.6 is 22.4 Å². The minimum atomic E-state index is -5.73. The van der Waals surface area contributed by atoms with Crippen molar-refractivity contribution in [2.45, 2.75) is 61.0 Å². The summed E-state index contributed by atoms with van der Waals surface area (Å²) in [5.41, 5.74) is 4.03. The van der Waals surface area contributed by atoms with Gasteiger partial charge in [0.1, 0.15) is 12.2 Å². The fourth-order valence-corrected chi connectivity index (χ4v) is 13.9. The molecule has 1 fully saturated rings. The fraction of sp³-hybridized carbons (Fsp3) is 0.357. The summed E-state index contributed by atoms with van der Waals surface area (Å²) in [6.45, 7) is -3.04. The Hall–Kier alpha value is -6.14. The zero-order valence-corrected chi connectivity index (χ0v) is 47.3. The summed E-state index contributed by atoms with van der Waals surface area (Å²) < 4.78 is 128. The maximum atomic E-state index is 14.3. The number of hydrogen-bond acceptors (Lipinski definition) is 23. The lowest BCUT2D eigenvalue weighted by molar-refractivity contribution is -0.121. The number of benzene rings is 3. The van der Waals surface area contributed by atoms with E-state index in [-0.39, 0.29) is 101 Å². The third-order valence-corrected chi connectivity index (χ3v) is 17.9. The van der Waals surface area contributed by atoms with Crippen LogP contribution in [-0.4, -0.2) is 158 Å². The molecule has 0 radical (unpaired) electrons. The molecule has 13 N–H and O–H groups in total. The molecule has 0 saturated carbocycles. The third kappa shape index (κ3) is 14.7. The molecule has 33 nitrogen and oxygen atoms in total. The maximum absolute atomic E-state index is 14.3. The Morgan fingerprint density at radius 1 is 0.951 bits per heavy atom. The summed E-state index contributed by atoms with van der Waals surface area (Å²) in [6.07, 6.45) is -7.40. The van der Waals surface area contributed by atoms with E-state index in [1.165, 1.54) is 48.3 Å². The normalized spacial score (nSPS) is 18.6. The second kappa shape index (κ2) is 24.8. The van der Waals surface area contributed by atoms with Crippen molar-refractivity contribution in [2.75, 3.05) is 57.4 Å². The molecule has 2 aromatic heterocycles. The first-order valence-corrected chi connectivity index (χ1v) is 32.0. The first-order chi connectivity index (χ1) is 37.8. The second-order valence-corrected chi connectivity index (χ2v) is 25.8. The molecule has 6 atom stereocenters. The van der Waals surface area contributed by atoms with Crippen LogP contribution in [0.25, 0.3) is 44.6 Å². The van der Waals surface area contributed by atoms with Gasteiger partial charge in [-0.1, -0.05) is 18.2 Å². The lowest BCUT2D eigenvalue weighted by Crippen LogP contribution is -2.41. The van der Waals surface area contributed by atoms with Gasteiger partial charge in [0.05, 0.1) is 24.0 Å². The van der Waals surface area contributed by atoms with Crippen molar-refractivity contribution >= 4 is 106 Å². The first kappa shape index (κ1) is 62.5. The number of H-pyrrole nitrogens is 1. The molecule has 7 rings (SSSR count). The summed E-state index contributed by atoms with van der Waals surface area (Å²) in [7, 11) is -20.2. The van der Waals surface area contributed by atoms with Crippen molar-refractivity contribution in [2.24, 2.45) is 4.99 Å². The zero-order chi connectivity index (χ0) is 59.6. The van der Waals surface area contributed by atoms with Crippen molar-refractivity contribution in [1.82, 2.24) is 35.1 Å². The highest BCUT2D eigenvalue weighted by Crippen LogP contribution is 2.66. The minimum Gasteiger partial charge on any atom is -0.453 e. The van der Waals surface area contributed by atoms with E-state index in [0.29, 0.717) is 0 Å². The number of carbonyl (C=O) groups excluding carboxylic acids is 3. The van der Waals surface area contributed by atoms with Gasteiger partial charge in [0.15, 0.2) is 44.6 Å². The number of nitrogens with two attached hydrogens (primary N) is 1. The summed E-state index contributed by atoms with van der Waals surface area (Å²) in [5, 5.41) is 18.8. The Morgan fingerprint density at radius 2 is 1.64 bits per heavy atom. The van der Waals surface area contributed by atoms with Crippen molar-refractivity contribution in [3.8, 4) is 22.5 Å². The van der Waals surface area contributed by atoms with Crippen LogP contribution < -0.4 is 32.6 Å². The SMILES string of the molecule is CCN=c1ccc2c(-c3ccccc3C(=O)N(C)CCCC(=O)NCCNC(=O)O[C@@H]3[C@H](O)[C@@H](COP(=O)(O)OP(=O)(O)OP(O)(O)=S)O[C@H]3n3cnc4c(=O)[nH]c(N)nc43)c3ccc(NCC)c(S(=O)(=O)O)c3oc-2c1S(=O)(=O)O. The lowest BCUT2D eigenvalue weighted by atomic mass is 9.90. The molecule has 81 heavy (non-hydrogen) atoms. The van der Waals surface area contributed by atoms with Crippen molar-refractivity contribution in [1.29, 1.82) is 0 Å². The van der Waals surface area contributed by atoms with Gasteiger partial charge in [0, 0.05) is 68.3 Å². The van der Waals surface area contributed by atoms with Crippen LogP contribution in [-0.2, 0) is 68.6 Å². The molecule has 3 amide bonds. The average molecular weight is 1250 g/mol. The van der Waals surface area contributed by atoms with Crippen LogP contribution in [0.5, 0.6) is 0 Å². The van der Waals surface area contributed by atoms with Gasteiger partial charge in [-0.25, -0.2) is 23.2 Å². The number of nitrogen functional groups attached to an aromatic ring is 1. The lowest BCUT2D eigenvalue weighted by Gasteiger charge is -2.23. The van der Waals surface area contributed by atoms with Crippen LogP contribution in [0.3, 0.4) is 0 Å². The Labute approximate surface area is 462 Å². The topological polar surface area (TPSA) is 496 Å². The van der Waals surface area contributed by atoms with Gasteiger partial charge in [-0.2, -0.15) is 26.1 Å². The van der Waals surface area contributed by atoms with E-state index in [1.807, 2.05) is 0 Å². The number of fused-ring (bicyclic) bond motifs is 3. The Kier molecular flexibility index (Phi) is 19.1. The molecular formula is C42H51N10O23P3S3. The number of aliphatic hydroxyl groups excluding tert-OH is 1. The van der Waals surface area contributed by atoms with E-state index in [4.69, 9.17) is 19.6 Å². The Balaban J connectivity index is 1.01. The number of imidazole rings is 1. The molecule has 4 aromatic rings. The molecule has 39 heteroatoms. The molecule has 4 heterocycles. The summed E-state index contributed by atoms with van der Waals surface area (Å²) in [6, 6.07) is 11.6. The van der Waals surface area contributed by atoms with Crippen LogP contribution in [0.2, 0.25) is 0 Å². The number of aromatic nitrogens is 4. The smallest absolute Gasteiger partial charge is 0.453 e. The number of nitrogens with zero attached hydrogens (tertiary/aromatic N) is 5. The van der Waals surface area contributed by atoms with Gasteiger partial charge in [-0.3, -0.25) is 42.6 Å². The summed E-state index contributed by atoms with van der Waals surface area (Å²) >= 11 is 4.06.